The Morgan fingerprint density at radius 3 is 2.81 bits per heavy atom. The van der Waals surface area contributed by atoms with Crippen LogP contribution >= 0.6 is 11.6 Å². The van der Waals surface area contributed by atoms with Crippen LogP contribution in [0.2, 0.25) is 5.02 Å². The number of carbonyl (C=O) groups excluding carboxylic acids is 1. The molecule has 0 N–H and O–H groups in total. The summed E-state index contributed by atoms with van der Waals surface area (Å²) in [5.74, 6) is 1.63. The molecule has 4 aliphatic rings. The van der Waals surface area contributed by atoms with Gasteiger partial charge in [-0.2, -0.15) is 0 Å². The number of nitrogens with zero attached hydrogens (tertiary/aromatic N) is 2. The number of likely N-dealkylation sites (tertiary alicyclic amines) is 1. The second-order valence-electron chi connectivity index (χ2n) is 8.90. The van der Waals surface area contributed by atoms with Gasteiger partial charge in [-0.15, -0.1) is 0 Å². The van der Waals surface area contributed by atoms with E-state index in [9.17, 15) is 4.79 Å². The zero-order valence-electron chi connectivity index (χ0n) is 15.9. The molecular formula is C23H29ClN2O. The molecule has 0 unspecified atom stereocenters. The van der Waals surface area contributed by atoms with Gasteiger partial charge in [0.2, 0.25) is 5.91 Å². The van der Waals surface area contributed by atoms with Gasteiger partial charge >= 0.3 is 0 Å². The summed E-state index contributed by atoms with van der Waals surface area (Å²) in [4.78, 5) is 18.2. The quantitative estimate of drug-likeness (QED) is 0.709. The Hall–Kier alpha value is -1.32. The normalized spacial score (nSPS) is 33.1. The van der Waals surface area contributed by atoms with Crippen molar-refractivity contribution in [1.82, 2.24) is 9.80 Å². The van der Waals surface area contributed by atoms with Crippen molar-refractivity contribution in [3.05, 3.63) is 46.5 Å². The zero-order valence-corrected chi connectivity index (χ0v) is 16.7. The molecule has 2 bridgehead atoms. The van der Waals surface area contributed by atoms with E-state index in [4.69, 9.17) is 11.6 Å². The molecule has 0 saturated carbocycles. The molecule has 1 aliphatic carbocycles. The number of fused-ring (bicyclic) bond motifs is 6. The molecule has 0 radical (unpaired) electrons. The van der Waals surface area contributed by atoms with Crippen LogP contribution in [0.5, 0.6) is 0 Å². The number of benzene rings is 1. The second-order valence-corrected chi connectivity index (χ2v) is 9.33. The largest absolute Gasteiger partial charge is 0.335 e. The van der Waals surface area contributed by atoms with Crippen LogP contribution < -0.4 is 0 Å². The summed E-state index contributed by atoms with van der Waals surface area (Å²) < 4.78 is 0. The summed E-state index contributed by atoms with van der Waals surface area (Å²) in [6.07, 6.45) is 10.8. The molecule has 3 nitrogen and oxygen atoms in total. The Kier molecular flexibility index (Phi) is 4.77. The smallest absolute Gasteiger partial charge is 0.227 e. The highest BCUT2D eigenvalue weighted by Gasteiger charge is 2.46. The summed E-state index contributed by atoms with van der Waals surface area (Å²) in [5, 5.41) is 0.728. The van der Waals surface area contributed by atoms with Gasteiger partial charge in [0.15, 0.2) is 0 Å². The molecule has 3 fully saturated rings. The van der Waals surface area contributed by atoms with Crippen molar-refractivity contribution < 1.29 is 4.79 Å². The average Bonchev–Trinajstić information content (AvgIpc) is 2.69. The van der Waals surface area contributed by atoms with Gasteiger partial charge in [0.25, 0.3) is 0 Å². The number of piperidine rings is 3. The van der Waals surface area contributed by atoms with Crippen molar-refractivity contribution in [1.29, 1.82) is 0 Å². The van der Waals surface area contributed by atoms with Crippen LogP contribution in [-0.4, -0.2) is 47.4 Å². The van der Waals surface area contributed by atoms with Crippen molar-refractivity contribution in [3.63, 3.8) is 0 Å². The van der Waals surface area contributed by atoms with E-state index in [0.717, 1.165) is 35.5 Å². The number of carbonyl (C=O) groups is 1. The van der Waals surface area contributed by atoms with Crippen molar-refractivity contribution in [2.45, 2.75) is 57.0 Å². The lowest BCUT2D eigenvalue weighted by molar-refractivity contribution is -0.135. The van der Waals surface area contributed by atoms with Crippen LogP contribution in [0.3, 0.4) is 0 Å². The molecule has 5 rings (SSSR count). The standard InChI is InChI=1S/C23H29ClN2O/c24-20-8-6-16(7-9-20)12-22(27)26-11-3-4-17-13-18-14-19(23(17)26)15-25-10-2-1-5-21(18)25/h6-9,13,18-19,21,23H,1-5,10-12,14-15H2/t18-,19-,21+,23+/m0/s1. The Labute approximate surface area is 167 Å². The fraction of sp³-hybridized carbons (Fsp3) is 0.609. The second kappa shape index (κ2) is 7.25. The summed E-state index contributed by atoms with van der Waals surface area (Å²) in [5.41, 5.74) is 2.63. The van der Waals surface area contributed by atoms with E-state index in [-0.39, 0.29) is 5.91 Å². The van der Waals surface area contributed by atoms with Gasteiger partial charge in [-0.05, 0) is 68.2 Å². The lowest BCUT2D eigenvalue weighted by Crippen LogP contribution is -2.60. The molecule has 144 valence electrons. The number of hydrogen-bond donors (Lipinski definition) is 0. The van der Waals surface area contributed by atoms with Gasteiger partial charge in [0, 0.05) is 24.2 Å². The third kappa shape index (κ3) is 3.34. The zero-order chi connectivity index (χ0) is 18.4. The third-order valence-electron chi connectivity index (χ3n) is 7.25. The highest BCUT2D eigenvalue weighted by molar-refractivity contribution is 6.30. The van der Waals surface area contributed by atoms with Gasteiger partial charge in [0.1, 0.15) is 0 Å². The Morgan fingerprint density at radius 2 is 1.96 bits per heavy atom. The summed E-state index contributed by atoms with van der Waals surface area (Å²) in [6, 6.07) is 8.85. The first-order valence-electron chi connectivity index (χ1n) is 10.7. The Morgan fingerprint density at radius 1 is 1.11 bits per heavy atom. The molecular weight excluding hydrogens is 356 g/mol. The highest BCUT2D eigenvalue weighted by atomic mass is 35.5. The predicted molar refractivity (Wildman–Crippen MR) is 109 cm³/mol. The monoisotopic (exact) mass is 384 g/mol. The first-order valence-corrected chi connectivity index (χ1v) is 11.1. The first kappa shape index (κ1) is 17.8. The number of amides is 1. The van der Waals surface area contributed by atoms with Crippen LogP contribution in [0.15, 0.2) is 35.9 Å². The van der Waals surface area contributed by atoms with E-state index in [1.165, 1.54) is 45.2 Å². The molecule has 4 heteroatoms. The SMILES string of the molecule is O=C(Cc1ccc(Cl)cc1)N1CCCC2=C[C@H]3C[C@@H](CN4CCCC[C@H]34)[C@@H]21. The minimum atomic E-state index is 0.284. The minimum absolute atomic E-state index is 0.284. The third-order valence-corrected chi connectivity index (χ3v) is 7.50. The van der Waals surface area contributed by atoms with E-state index in [1.54, 1.807) is 5.57 Å². The summed E-state index contributed by atoms with van der Waals surface area (Å²) in [6.45, 7) is 3.36. The van der Waals surface area contributed by atoms with E-state index >= 15 is 0 Å². The number of halogens is 1. The van der Waals surface area contributed by atoms with Crippen LogP contribution in [0.1, 0.15) is 44.1 Å². The van der Waals surface area contributed by atoms with Crippen molar-refractivity contribution in [3.8, 4) is 0 Å². The maximum atomic E-state index is 13.2. The van der Waals surface area contributed by atoms with Crippen LogP contribution in [0, 0.1) is 11.8 Å². The van der Waals surface area contributed by atoms with E-state index in [2.05, 4.69) is 15.9 Å². The fourth-order valence-electron chi connectivity index (χ4n) is 6.13. The lowest BCUT2D eigenvalue weighted by atomic mass is 9.68. The molecule has 3 saturated heterocycles. The molecule has 3 aliphatic heterocycles. The predicted octanol–water partition coefficient (Wildman–Crippen LogP) is 4.30. The molecule has 1 amide bonds. The molecule has 4 atom stereocenters. The first-order chi connectivity index (χ1) is 13.2. The van der Waals surface area contributed by atoms with Crippen molar-refractivity contribution >= 4 is 17.5 Å². The molecule has 27 heavy (non-hydrogen) atoms. The molecule has 3 heterocycles. The Balaban J connectivity index is 1.38. The lowest BCUT2D eigenvalue weighted by Gasteiger charge is -2.54. The number of rotatable bonds is 2. The van der Waals surface area contributed by atoms with Gasteiger partial charge in [-0.3, -0.25) is 9.69 Å². The summed E-state index contributed by atoms with van der Waals surface area (Å²) >= 11 is 5.99. The maximum Gasteiger partial charge on any atom is 0.227 e. The molecule has 1 aromatic rings. The average molecular weight is 385 g/mol. The highest BCUT2D eigenvalue weighted by Crippen LogP contribution is 2.45. The van der Waals surface area contributed by atoms with Crippen LogP contribution in [-0.2, 0) is 11.2 Å². The summed E-state index contributed by atoms with van der Waals surface area (Å²) in [7, 11) is 0. The maximum absolute atomic E-state index is 13.2. The van der Waals surface area contributed by atoms with Crippen LogP contribution in [0.25, 0.3) is 0 Å². The van der Waals surface area contributed by atoms with Gasteiger partial charge < -0.3 is 4.90 Å². The van der Waals surface area contributed by atoms with Gasteiger partial charge in [0.05, 0.1) is 12.5 Å². The van der Waals surface area contributed by atoms with Crippen molar-refractivity contribution in [2.75, 3.05) is 19.6 Å². The fourth-order valence-corrected chi connectivity index (χ4v) is 6.26. The molecule has 1 aromatic carbocycles. The van der Waals surface area contributed by atoms with Gasteiger partial charge in [-0.25, -0.2) is 0 Å². The van der Waals surface area contributed by atoms with Crippen LogP contribution in [0.4, 0.5) is 0 Å². The Bertz CT molecular complexity index is 743. The molecule has 0 aromatic heterocycles. The van der Waals surface area contributed by atoms with E-state index in [0.29, 0.717) is 18.4 Å². The number of hydrogen-bond acceptors (Lipinski definition) is 2. The molecule has 0 spiro atoms. The van der Waals surface area contributed by atoms with Crippen molar-refractivity contribution in [2.24, 2.45) is 11.8 Å². The van der Waals surface area contributed by atoms with Gasteiger partial charge in [-0.1, -0.05) is 41.8 Å². The topological polar surface area (TPSA) is 23.6 Å². The van der Waals surface area contributed by atoms with E-state index < -0.39 is 0 Å². The van der Waals surface area contributed by atoms with E-state index in [1.807, 2.05) is 24.3 Å². The minimum Gasteiger partial charge on any atom is -0.335 e.